The lowest BCUT2D eigenvalue weighted by Gasteiger charge is -2.15. The predicted octanol–water partition coefficient (Wildman–Crippen LogP) is 5.03. The number of pyridine rings is 1. The standard InChI is InChI=1S/C21H20N2O/c1-16-7-2-3-8-17(16)12-13-18-9-4-5-11-20(18)21(23-24)19-10-6-14-22-15-19/h2-11,14-15,21H,12-13H2,1H3. The lowest BCUT2D eigenvalue weighted by Crippen LogP contribution is -2.04. The predicted molar refractivity (Wildman–Crippen MR) is 96.9 cm³/mol. The summed E-state index contributed by atoms with van der Waals surface area (Å²) in [5, 5.41) is 3.37. The Morgan fingerprint density at radius 1 is 0.917 bits per heavy atom. The second-order valence-electron chi connectivity index (χ2n) is 5.92. The van der Waals surface area contributed by atoms with E-state index in [1.165, 1.54) is 11.1 Å². The van der Waals surface area contributed by atoms with Crippen LogP contribution in [0.2, 0.25) is 0 Å². The zero-order valence-electron chi connectivity index (χ0n) is 13.7. The molecule has 0 fully saturated rings. The summed E-state index contributed by atoms with van der Waals surface area (Å²) in [6, 6.07) is 19.7. The first-order valence-corrected chi connectivity index (χ1v) is 8.14. The van der Waals surface area contributed by atoms with Gasteiger partial charge in [-0.1, -0.05) is 59.8 Å². The van der Waals surface area contributed by atoms with Gasteiger partial charge < -0.3 is 0 Å². The maximum Gasteiger partial charge on any atom is 0.144 e. The van der Waals surface area contributed by atoms with Gasteiger partial charge in [0.25, 0.3) is 0 Å². The Bertz CT molecular complexity index is 815. The molecule has 0 amide bonds. The van der Waals surface area contributed by atoms with Gasteiger partial charge in [-0.3, -0.25) is 4.98 Å². The molecule has 1 heterocycles. The molecule has 1 aromatic heterocycles. The second kappa shape index (κ2) is 7.64. The Morgan fingerprint density at radius 2 is 1.62 bits per heavy atom. The molecule has 1 atom stereocenters. The van der Waals surface area contributed by atoms with Crippen LogP contribution in [0.1, 0.15) is 33.9 Å². The van der Waals surface area contributed by atoms with Crippen LogP contribution in [0.4, 0.5) is 0 Å². The van der Waals surface area contributed by atoms with Crippen LogP contribution in [-0.4, -0.2) is 4.98 Å². The molecule has 1 unspecified atom stereocenters. The Kier molecular flexibility index (Phi) is 5.12. The first-order chi connectivity index (χ1) is 11.8. The molecule has 3 heteroatoms. The number of hydrogen-bond acceptors (Lipinski definition) is 3. The van der Waals surface area contributed by atoms with Crippen molar-refractivity contribution >= 4 is 0 Å². The van der Waals surface area contributed by atoms with Crippen molar-refractivity contribution in [1.82, 2.24) is 4.98 Å². The Morgan fingerprint density at radius 3 is 2.33 bits per heavy atom. The Labute approximate surface area is 142 Å². The van der Waals surface area contributed by atoms with E-state index in [2.05, 4.69) is 47.4 Å². The SMILES string of the molecule is Cc1ccccc1CCc1ccccc1C(N=O)c1cccnc1. The minimum atomic E-state index is -0.508. The van der Waals surface area contributed by atoms with Gasteiger partial charge in [-0.2, -0.15) is 0 Å². The largest absolute Gasteiger partial charge is 0.264 e. The van der Waals surface area contributed by atoms with Crippen molar-refractivity contribution in [3.63, 3.8) is 0 Å². The average Bonchev–Trinajstić information content (AvgIpc) is 2.64. The maximum atomic E-state index is 11.5. The van der Waals surface area contributed by atoms with Crippen LogP contribution in [0.3, 0.4) is 0 Å². The number of rotatable bonds is 6. The molecular weight excluding hydrogens is 296 g/mol. The quantitative estimate of drug-likeness (QED) is 0.598. The number of aryl methyl sites for hydroxylation is 3. The number of hydrogen-bond donors (Lipinski definition) is 0. The zero-order valence-corrected chi connectivity index (χ0v) is 13.7. The van der Waals surface area contributed by atoms with Crippen molar-refractivity contribution in [3.8, 4) is 0 Å². The number of nitroso groups, excluding NO2 is 1. The molecule has 0 saturated carbocycles. The van der Waals surface area contributed by atoms with Crippen LogP contribution in [0.25, 0.3) is 0 Å². The van der Waals surface area contributed by atoms with Gasteiger partial charge in [-0.05, 0) is 48.1 Å². The molecule has 0 spiro atoms. The third-order valence-electron chi connectivity index (χ3n) is 4.38. The molecule has 0 radical (unpaired) electrons. The summed E-state index contributed by atoms with van der Waals surface area (Å²) < 4.78 is 0. The fraction of sp³-hybridized carbons (Fsp3) is 0.190. The van der Waals surface area contributed by atoms with Gasteiger partial charge in [-0.15, -0.1) is 4.91 Å². The van der Waals surface area contributed by atoms with Crippen LogP contribution < -0.4 is 0 Å². The van der Waals surface area contributed by atoms with E-state index in [-0.39, 0.29) is 0 Å². The molecule has 3 nitrogen and oxygen atoms in total. The summed E-state index contributed by atoms with van der Waals surface area (Å²) >= 11 is 0. The van der Waals surface area contributed by atoms with Gasteiger partial charge in [0.1, 0.15) is 6.04 Å². The van der Waals surface area contributed by atoms with E-state index in [1.54, 1.807) is 12.4 Å². The zero-order chi connectivity index (χ0) is 16.8. The third kappa shape index (κ3) is 3.57. The van der Waals surface area contributed by atoms with Gasteiger partial charge >= 0.3 is 0 Å². The highest BCUT2D eigenvalue weighted by Gasteiger charge is 2.18. The summed E-state index contributed by atoms with van der Waals surface area (Å²) in [6.45, 7) is 2.13. The minimum Gasteiger partial charge on any atom is -0.264 e. The summed E-state index contributed by atoms with van der Waals surface area (Å²) in [6.07, 6.45) is 5.25. The smallest absolute Gasteiger partial charge is 0.144 e. The van der Waals surface area contributed by atoms with Crippen molar-refractivity contribution in [2.45, 2.75) is 25.8 Å². The number of benzene rings is 2. The maximum absolute atomic E-state index is 11.5. The summed E-state index contributed by atoms with van der Waals surface area (Å²) in [4.78, 5) is 15.6. The highest BCUT2D eigenvalue weighted by Crippen LogP contribution is 2.29. The molecule has 0 aliphatic carbocycles. The summed E-state index contributed by atoms with van der Waals surface area (Å²) in [5.74, 6) is 0. The van der Waals surface area contributed by atoms with E-state index in [0.717, 1.165) is 29.5 Å². The molecule has 120 valence electrons. The van der Waals surface area contributed by atoms with Gasteiger partial charge in [-0.25, -0.2) is 0 Å². The molecular formula is C21H20N2O. The van der Waals surface area contributed by atoms with Crippen molar-refractivity contribution < 1.29 is 0 Å². The molecule has 3 aromatic rings. The van der Waals surface area contributed by atoms with Gasteiger partial charge in [0.2, 0.25) is 0 Å². The highest BCUT2D eigenvalue weighted by atomic mass is 16.3. The molecule has 3 rings (SSSR count). The average molecular weight is 316 g/mol. The van der Waals surface area contributed by atoms with Crippen molar-refractivity contribution in [2.24, 2.45) is 5.18 Å². The van der Waals surface area contributed by atoms with Crippen molar-refractivity contribution in [3.05, 3.63) is 106 Å². The lowest BCUT2D eigenvalue weighted by atomic mass is 9.92. The van der Waals surface area contributed by atoms with Gasteiger partial charge in [0.05, 0.1) is 0 Å². The van der Waals surface area contributed by atoms with E-state index in [1.807, 2.05) is 30.3 Å². The molecule has 0 aliphatic rings. The molecule has 0 N–H and O–H groups in total. The van der Waals surface area contributed by atoms with E-state index >= 15 is 0 Å². The first kappa shape index (κ1) is 16.1. The number of nitrogens with zero attached hydrogens (tertiary/aromatic N) is 2. The summed E-state index contributed by atoms with van der Waals surface area (Å²) in [7, 11) is 0. The molecule has 24 heavy (non-hydrogen) atoms. The topological polar surface area (TPSA) is 42.3 Å². The second-order valence-corrected chi connectivity index (χ2v) is 5.92. The fourth-order valence-electron chi connectivity index (χ4n) is 3.02. The van der Waals surface area contributed by atoms with Crippen LogP contribution in [0.15, 0.2) is 78.2 Å². The van der Waals surface area contributed by atoms with Gasteiger partial charge in [0.15, 0.2) is 0 Å². The fourth-order valence-corrected chi connectivity index (χ4v) is 3.02. The Hall–Kier alpha value is -2.81. The van der Waals surface area contributed by atoms with Crippen molar-refractivity contribution in [2.75, 3.05) is 0 Å². The van der Waals surface area contributed by atoms with Crippen LogP contribution in [-0.2, 0) is 12.8 Å². The minimum absolute atomic E-state index is 0.508. The third-order valence-corrected chi connectivity index (χ3v) is 4.38. The molecule has 0 aliphatic heterocycles. The van der Waals surface area contributed by atoms with Crippen LogP contribution in [0.5, 0.6) is 0 Å². The van der Waals surface area contributed by atoms with Crippen LogP contribution >= 0.6 is 0 Å². The highest BCUT2D eigenvalue weighted by molar-refractivity contribution is 5.38. The first-order valence-electron chi connectivity index (χ1n) is 8.14. The van der Waals surface area contributed by atoms with Crippen LogP contribution in [0, 0.1) is 11.8 Å². The Balaban J connectivity index is 1.87. The summed E-state index contributed by atoms with van der Waals surface area (Å²) in [5.41, 5.74) is 5.59. The molecule has 2 aromatic carbocycles. The van der Waals surface area contributed by atoms with E-state index in [0.29, 0.717) is 0 Å². The molecule has 0 saturated heterocycles. The van der Waals surface area contributed by atoms with E-state index in [9.17, 15) is 4.91 Å². The monoisotopic (exact) mass is 316 g/mol. The van der Waals surface area contributed by atoms with E-state index < -0.39 is 6.04 Å². The molecule has 0 bridgehead atoms. The number of aromatic nitrogens is 1. The normalized spacial score (nSPS) is 11.9. The van der Waals surface area contributed by atoms with E-state index in [4.69, 9.17) is 0 Å². The lowest BCUT2D eigenvalue weighted by molar-refractivity contribution is 0.822. The van der Waals surface area contributed by atoms with Gasteiger partial charge in [0, 0.05) is 18.0 Å². The van der Waals surface area contributed by atoms with Crippen molar-refractivity contribution in [1.29, 1.82) is 0 Å².